The number of aliphatic hydroxyl groups is 2. The Morgan fingerprint density at radius 3 is 2.38 bits per heavy atom. The molecule has 1 fully saturated rings. The van der Waals surface area contributed by atoms with Gasteiger partial charge in [0.15, 0.2) is 0 Å². The molecule has 1 saturated heterocycles. The maximum Gasteiger partial charge on any atom is 0.295 e. The minimum Gasteiger partial charge on any atom is -0.507 e. The molecule has 7 heteroatoms. The molecule has 0 saturated carbocycles. The minimum atomic E-state index is -0.699. The summed E-state index contributed by atoms with van der Waals surface area (Å²) in [6.07, 6.45) is 0.608. The second-order valence-electron chi connectivity index (χ2n) is 6.74. The van der Waals surface area contributed by atoms with Crippen LogP contribution in [0.25, 0.3) is 5.76 Å². The number of rotatable bonds is 8. The van der Waals surface area contributed by atoms with E-state index in [1.54, 1.807) is 24.3 Å². The van der Waals surface area contributed by atoms with Gasteiger partial charge in [-0.3, -0.25) is 9.59 Å². The SMILES string of the molecule is O=C1C(=O)N(CCCNCCO)C(c2ccccc2)/C1=C(\O)c1ccc(Cl)cc1. The Morgan fingerprint density at radius 1 is 1.03 bits per heavy atom. The van der Waals surface area contributed by atoms with Gasteiger partial charge in [0, 0.05) is 23.7 Å². The fourth-order valence-electron chi connectivity index (χ4n) is 3.43. The number of carbonyl (C=O) groups excluding carboxylic acids is 2. The summed E-state index contributed by atoms with van der Waals surface area (Å²) in [5, 5.41) is 23.3. The number of benzene rings is 2. The lowest BCUT2D eigenvalue weighted by Gasteiger charge is -2.25. The lowest BCUT2D eigenvalue weighted by molar-refractivity contribution is -0.139. The van der Waals surface area contributed by atoms with E-state index in [1.807, 2.05) is 30.3 Å². The van der Waals surface area contributed by atoms with Crippen LogP contribution in [0.2, 0.25) is 5.02 Å². The summed E-state index contributed by atoms with van der Waals surface area (Å²) in [6.45, 7) is 1.45. The highest BCUT2D eigenvalue weighted by Gasteiger charge is 2.45. The highest BCUT2D eigenvalue weighted by Crippen LogP contribution is 2.39. The number of hydrogen-bond donors (Lipinski definition) is 3. The molecule has 1 aliphatic heterocycles. The van der Waals surface area contributed by atoms with Gasteiger partial charge in [-0.15, -0.1) is 0 Å². The van der Waals surface area contributed by atoms with Crippen LogP contribution in [0, 0.1) is 0 Å². The van der Waals surface area contributed by atoms with Crippen molar-refractivity contribution in [1.82, 2.24) is 10.2 Å². The van der Waals surface area contributed by atoms with E-state index in [4.69, 9.17) is 16.7 Å². The molecule has 152 valence electrons. The second-order valence-corrected chi connectivity index (χ2v) is 7.17. The number of likely N-dealkylation sites (tertiary alicyclic amines) is 1. The molecule has 3 rings (SSSR count). The third kappa shape index (κ3) is 4.67. The van der Waals surface area contributed by atoms with Crippen molar-refractivity contribution in [3.63, 3.8) is 0 Å². The first-order chi connectivity index (χ1) is 14.0. The normalized spacial score (nSPS) is 18.4. The van der Waals surface area contributed by atoms with Crippen LogP contribution in [0.4, 0.5) is 0 Å². The first-order valence-corrected chi connectivity index (χ1v) is 9.83. The smallest absolute Gasteiger partial charge is 0.295 e. The van der Waals surface area contributed by atoms with E-state index in [-0.39, 0.29) is 17.9 Å². The quantitative estimate of drug-likeness (QED) is 0.267. The van der Waals surface area contributed by atoms with E-state index < -0.39 is 17.7 Å². The predicted molar refractivity (Wildman–Crippen MR) is 111 cm³/mol. The number of ketones is 1. The standard InChI is InChI=1S/C22H23ClN2O4/c23-17-9-7-16(8-10-17)20(27)18-19(15-5-2-1-3-6-15)25(22(29)21(18)28)13-4-11-24-12-14-26/h1-3,5-10,19,24,26-27H,4,11-14H2/b20-18+. The minimum absolute atomic E-state index is 0.0373. The number of halogens is 1. The Bertz CT molecular complexity index is 897. The van der Waals surface area contributed by atoms with Crippen LogP contribution >= 0.6 is 11.6 Å². The number of Topliss-reactive ketones (excluding diaryl/α,β-unsaturated/α-hetero) is 1. The number of nitrogens with zero attached hydrogens (tertiary/aromatic N) is 1. The van der Waals surface area contributed by atoms with Gasteiger partial charge in [0.25, 0.3) is 11.7 Å². The van der Waals surface area contributed by atoms with Crippen molar-refractivity contribution in [2.75, 3.05) is 26.2 Å². The molecule has 6 nitrogen and oxygen atoms in total. The molecule has 0 aliphatic carbocycles. The molecule has 0 spiro atoms. The van der Waals surface area contributed by atoms with Gasteiger partial charge in [0.1, 0.15) is 5.76 Å². The van der Waals surface area contributed by atoms with Gasteiger partial charge in [-0.2, -0.15) is 0 Å². The molecule has 1 aliphatic rings. The van der Waals surface area contributed by atoms with Crippen LogP contribution in [0.3, 0.4) is 0 Å². The molecule has 1 atom stereocenters. The van der Waals surface area contributed by atoms with E-state index in [9.17, 15) is 14.7 Å². The van der Waals surface area contributed by atoms with Crippen molar-refractivity contribution in [2.45, 2.75) is 12.5 Å². The number of aliphatic hydroxyl groups excluding tert-OH is 2. The van der Waals surface area contributed by atoms with E-state index in [0.29, 0.717) is 36.6 Å². The van der Waals surface area contributed by atoms with E-state index >= 15 is 0 Å². The number of nitrogens with one attached hydrogen (secondary N) is 1. The Morgan fingerprint density at radius 2 is 1.72 bits per heavy atom. The Kier molecular flexibility index (Phi) is 7.04. The van der Waals surface area contributed by atoms with Crippen molar-refractivity contribution >= 4 is 29.1 Å². The summed E-state index contributed by atoms with van der Waals surface area (Å²) in [5.74, 6) is -1.54. The topological polar surface area (TPSA) is 89.9 Å². The average Bonchev–Trinajstić information content (AvgIpc) is 2.99. The van der Waals surface area contributed by atoms with Crippen molar-refractivity contribution in [2.24, 2.45) is 0 Å². The predicted octanol–water partition coefficient (Wildman–Crippen LogP) is 2.73. The summed E-state index contributed by atoms with van der Waals surface area (Å²) in [5.41, 5.74) is 1.26. The van der Waals surface area contributed by atoms with Crippen LogP contribution in [0.15, 0.2) is 60.2 Å². The van der Waals surface area contributed by atoms with Crippen molar-refractivity contribution in [3.05, 3.63) is 76.3 Å². The second kappa shape index (κ2) is 9.69. The van der Waals surface area contributed by atoms with Crippen LogP contribution in [-0.4, -0.2) is 53.0 Å². The number of amides is 1. The van der Waals surface area contributed by atoms with Gasteiger partial charge >= 0.3 is 0 Å². The van der Waals surface area contributed by atoms with Gasteiger partial charge in [-0.25, -0.2) is 0 Å². The van der Waals surface area contributed by atoms with Crippen LogP contribution in [0.5, 0.6) is 0 Å². The Balaban J connectivity index is 1.97. The maximum absolute atomic E-state index is 12.8. The van der Waals surface area contributed by atoms with Crippen molar-refractivity contribution in [3.8, 4) is 0 Å². The summed E-state index contributed by atoms with van der Waals surface area (Å²) in [6, 6.07) is 15.0. The molecule has 2 aromatic carbocycles. The van der Waals surface area contributed by atoms with Crippen LogP contribution in [-0.2, 0) is 9.59 Å². The molecular formula is C22H23ClN2O4. The van der Waals surface area contributed by atoms with Gasteiger partial charge in [0.2, 0.25) is 0 Å². The summed E-state index contributed by atoms with van der Waals surface area (Å²) >= 11 is 5.92. The molecule has 1 heterocycles. The van der Waals surface area contributed by atoms with E-state index in [2.05, 4.69) is 5.32 Å². The van der Waals surface area contributed by atoms with Crippen LogP contribution in [0.1, 0.15) is 23.6 Å². The van der Waals surface area contributed by atoms with Crippen molar-refractivity contribution in [1.29, 1.82) is 0 Å². The molecule has 0 radical (unpaired) electrons. The van der Waals surface area contributed by atoms with Gasteiger partial charge in [-0.1, -0.05) is 41.9 Å². The summed E-state index contributed by atoms with van der Waals surface area (Å²) in [7, 11) is 0. The maximum atomic E-state index is 12.8. The fourth-order valence-corrected chi connectivity index (χ4v) is 3.56. The molecule has 1 amide bonds. The van der Waals surface area contributed by atoms with Crippen molar-refractivity contribution < 1.29 is 19.8 Å². The van der Waals surface area contributed by atoms with E-state index in [0.717, 1.165) is 5.56 Å². The highest BCUT2D eigenvalue weighted by atomic mass is 35.5. The van der Waals surface area contributed by atoms with Crippen LogP contribution < -0.4 is 5.32 Å². The molecule has 2 aromatic rings. The third-order valence-electron chi connectivity index (χ3n) is 4.81. The number of hydrogen-bond acceptors (Lipinski definition) is 5. The average molecular weight is 415 g/mol. The molecule has 0 bridgehead atoms. The molecule has 3 N–H and O–H groups in total. The summed E-state index contributed by atoms with van der Waals surface area (Å²) in [4.78, 5) is 27.1. The first kappa shape index (κ1) is 21.0. The molecule has 29 heavy (non-hydrogen) atoms. The van der Waals surface area contributed by atoms with E-state index in [1.165, 1.54) is 4.90 Å². The largest absolute Gasteiger partial charge is 0.507 e. The zero-order valence-electron chi connectivity index (χ0n) is 15.8. The fraction of sp³-hybridized carbons (Fsp3) is 0.273. The zero-order chi connectivity index (χ0) is 20.8. The van der Waals surface area contributed by atoms with Gasteiger partial charge in [0.05, 0.1) is 18.2 Å². The Hall–Kier alpha value is -2.67. The lowest BCUT2D eigenvalue weighted by Crippen LogP contribution is -2.32. The Labute approximate surface area is 174 Å². The molecular weight excluding hydrogens is 392 g/mol. The summed E-state index contributed by atoms with van der Waals surface area (Å²) < 4.78 is 0. The third-order valence-corrected chi connectivity index (χ3v) is 5.07. The lowest BCUT2D eigenvalue weighted by atomic mass is 9.95. The number of carbonyl (C=O) groups is 2. The van der Waals surface area contributed by atoms with Gasteiger partial charge < -0.3 is 20.4 Å². The zero-order valence-corrected chi connectivity index (χ0v) is 16.6. The highest BCUT2D eigenvalue weighted by molar-refractivity contribution is 6.46. The molecule has 1 unspecified atom stereocenters. The molecule has 0 aromatic heterocycles. The van der Waals surface area contributed by atoms with Gasteiger partial charge in [-0.05, 0) is 42.8 Å². The monoisotopic (exact) mass is 414 g/mol. The first-order valence-electron chi connectivity index (χ1n) is 9.45.